The number of ether oxygens (including phenoxy) is 2. The molecule has 6 nitrogen and oxygen atoms in total. The molecule has 0 aliphatic carbocycles. The lowest BCUT2D eigenvalue weighted by Crippen LogP contribution is -2.55. The average Bonchev–Trinajstić information content (AvgIpc) is 2.95. The van der Waals surface area contributed by atoms with E-state index < -0.39 is 5.60 Å². The van der Waals surface area contributed by atoms with Crippen LogP contribution in [0.1, 0.15) is 30.0 Å². The van der Waals surface area contributed by atoms with Gasteiger partial charge in [-0.1, -0.05) is 18.2 Å². The Morgan fingerprint density at radius 2 is 2.08 bits per heavy atom. The molecule has 2 aromatic rings. The van der Waals surface area contributed by atoms with E-state index in [0.29, 0.717) is 25.4 Å². The van der Waals surface area contributed by atoms with E-state index in [2.05, 4.69) is 5.10 Å². The molecular formula is C19H25N3O3. The Morgan fingerprint density at radius 1 is 1.36 bits per heavy atom. The Kier molecular flexibility index (Phi) is 4.92. The molecule has 1 atom stereocenters. The monoisotopic (exact) mass is 343 g/mol. The van der Waals surface area contributed by atoms with Crippen molar-refractivity contribution in [3.8, 4) is 5.69 Å². The van der Waals surface area contributed by atoms with Crippen LogP contribution >= 0.6 is 0 Å². The molecule has 25 heavy (non-hydrogen) atoms. The topological polar surface area (TPSA) is 56.6 Å². The zero-order valence-corrected chi connectivity index (χ0v) is 15.2. The van der Waals surface area contributed by atoms with E-state index >= 15 is 0 Å². The maximum atomic E-state index is 13.0. The number of carbonyl (C=O) groups excluding carboxylic acids is 1. The van der Waals surface area contributed by atoms with Crippen molar-refractivity contribution >= 4 is 5.91 Å². The lowest BCUT2D eigenvalue weighted by Gasteiger charge is -2.42. The lowest BCUT2D eigenvalue weighted by molar-refractivity contribution is -0.143. The molecule has 0 radical (unpaired) electrons. The molecule has 0 bridgehead atoms. The van der Waals surface area contributed by atoms with E-state index in [9.17, 15) is 4.79 Å². The molecule has 0 saturated carbocycles. The van der Waals surface area contributed by atoms with Gasteiger partial charge in [0.05, 0.1) is 24.0 Å². The van der Waals surface area contributed by atoms with Crippen LogP contribution in [0.25, 0.3) is 5.69 Å². The van der Waals surface area contributed by atoms with E-state index in [1.165, 1.54) is 0 Å². The molecule has 1 aromatic heterocycles. The number of amides is 1. The number of benzene rings is 1. The second-order valence-corrected chi connectivity index (χ2v) is 7.06. The van der Waals surface area contributed by atoms with Gasteiger partial charge >= 0.3 is 0 Å². The molecule has 1 amide bonds. The molecule has 2 heterocycles. The van der Waals surface area contributed by atoms with Crippen molar-refractivity contribution in [1.82, 2.24) is 14.7 Å². The van der Waals surface area contributed by atoms with Gasteiger partial charge < -0.3 is 14.4 Å². The average molecular weight is 343 g/mol. The maximum Gasteiger partial charge on any atom is 0.274 e. The Bertz CT molecular complexity index is 740. The molecule has 1 aliphatic heterocycles. The Morgan fingerprint density at radius 3 is 2.76 bits per heavy atom. The highest BCUT2D eigenvalue weighted by molar-refractivity contribution is 5.92. The van der Waals surface area contributed by atoms with Crippen LogP contribution in [0.3, 0.4) is 0 Å². The fourth-order valence-electron chi connectivity index (χ4n) is 3.29. The van der Waals surface area contributed by atoms with Crippen molar-refractivity contribution in [3.05, 3.63) is 47.8 Å². The van der Waals surface area contributed by atoms with E-state index in [1.807, 2.05) is 62.1 Å². The van der Waals surface area contributed by atoms with E-state index in [0.717, 1.165) is 11.4 Å². The molecule has 1 aromatic carbocycles. The van der Waals surface area contributed by atoms with Crippen LogP contribution in [0.5, 0.6) is 0 Å². The number of para-hydroxylation sites is 1. The van der Waals surface area contributed by atoms with Gasteiger partial charge in [-0.3, -0.25) is 4.79 Å². The number of hydrogen-bond donors (Lipinski definition) is 0. The number of hydrogen-bond acceptors (Lipinski definition) is 4. The fraction of sp³-hybridized carbons (Fsp3) is 0.474. The standard InChI is InChI=1S/C19H25N3O3/c1-14-10-17(20-22(14)15-8-6-5-7-9-15)18(23)21-11-16(12-24-4)25-19(2,3)13-21/h5-10,16H,11-13H2,1-4H3/t16-/m0/s1. The summed E-state index contributed by atoms with van der Waals surface area (Å²) < 4.78 is 13.0. The van der Waals surface area contributed by atoms with Crippen molar-refractivity contribution < 1.29 is 14.3 Å². The van der Waals surface area contributed by atoms with Crippen LogP contribution < -0.4 is 0 Å². The summed E-state index contributed by atoms with van der Waals surface area (Å²) in [6, 6.07) is 11.7. The van der Waals surface area contributed by atoms with E-state index in [4.69, 9.17) is 9.47 Å². The zero-order valence-electron chi connectivity index (χ0n) is 15.2. The molecular weight excluding hydrogens is 318 g/mol. The number of morpholine rings is 1. The summed E-state index contributed by atoms with van der Waals surface area (Å²) in [7, 11) is 1.64. The van der Waals surface area contributed by atoms with Gasteiger partial charge in [0.1, 0.15) is 0 Å². The number of aromatic nitrogens is 2. The Labute approximate surface area is 148 Å². The largest absolute Gasteiger partial charge is 0.382 e. The second-order valence-electron chi connectivity index (χ2n) is 7.06. The minimum Gasteiger partial charge on any atom is -0.382 e. The van der Waals surface area contributed by atoms with Gasteiger partial charge in [0.15, 0.2) is 5.69 Å². The summed E-state index contributed by atoms with van der Waals surface area (Å²) in [6.45, 7) is 7.43. The van der Waals surface area contributed by atoms with Gasteiger partial charge in [-0.2, -0.15) is 5.10 Å². The highest BCUT2D eigenvalue weighted by Crippen LogP contribution is 2.23. The van der Waals surface area contributed by atoms with Crippen molar-refractivity contribution in [2.45, 2.75) is 32.5 Å². The number of nitrogens with zero attached hydrogens (tertiary/aromatic N) is 3. The van der Waals surface area contributed by atoms with Gasteiger partial charge in [0.25, 0.3) is 5.91 Å². The number of rotatable bonds is 4. The van der Waals surface area contributed by atoms with Crippen molar-refractivity contribution in [2.75, 3.05) is 26.8 Å². The highest BCUT2D eigenvalue weighted by atomic mass is 16.5. The summed E-state index contributed by atoms with van der Waals surface area (Å²) in [4.78, 5) is 14.8. The van der Waals surface area contributed by atoms with Crippen LogP contribution in [0, 0.1) is 6.92 Å². The minimum absolute atomic E-state index is 0.0738. The first-order valence-electron chi connectivity index (χ1n) is 8.48. The normalized spacial score (nSPS) is 19.8. The zero-order chi connectivity index (χ0) is 18.0. The van der Waals surface area contributed by atoms with Crippen molar-refractivity contribution in [2.24, 2.45) is 0 Å². The highest BCUT2D eigenvalue weighted by Gasteiger charge is 2.36. The van der Waals surface area contributed by atoms with Crippen LogP contribution in [0.15, 0.2) is 36.4 Å². The molecule has 0 unspecified atom stereocenters. The van der Waals surface area contributed by atoms with Crippen LogP contribution in [0.4, 0.5) is 0 Å². The summed E-state index contributed by atoms with van der Waals surface area (Å²) >= 11 is 0. The maximum absolute atomic E-state index is 13.0. The van der Waals surface area contributed by atoms with Gasteiger partial charge in [0.2, 0.25) is 0 Å². The third-order valence-corrected chi connectivity index (χ3v) is 4.23. The quantitative estimate of drug-likeness (QED) is 0.856. The van der Waals surface area contributed by atoms with Gasteiger partial charge in [-0.05, 0) is 39.0 Å². The third-order valence-electron chi connectivity index (χ3n) is 4.23. The summed E-state index contributed by atoms with van der Waals surface area (Å²) in [5.74, 6) is -0.0738. The second kappa shape index (κ2) is 6.98. The van der Waals surface area contributed by atoms with E-state index in [-0.39, 0.29) is 12.0 Å². The minimum atomic E-state index is -0.409. The summed E-state index contributed by atoms with van der Waals surface area (Å²) in [5.41, 5.74) is 1.91. The molecule has 1 fully saturated rings. The number of methoxy groups -OCH3 is 1. The van der Waals surface area contributed by atoms with E-state index in [1.54, 1.807) is 11.8 Å². The van der Waals surface area contributed by atoms with Gasteiger partial charge in [-0.15, -0.1) is 0 Å². The third kappa shape index (κ3) is 3.91. The Hall–Kier alpha value is -2.18. The Balaban J connectivity index is 1.83. The first kappa shape index (κ1) is 17.6. The SMILES string of the molecule is COC[C@@H]1CN(C(=O)c2cc(C)n(-c3ccccc3)n2)CC(C)(C)O1. The molecule has 6 heteroatoms. The molecule has 1 saturated heterocycles. The van der Waals surface area contributed by atoms with Crippen LogP contribution in [0.2, 0.25) is 0 Å². The lowest BCUT2D eigenvalue weighted by atomic mass is 10.0. The molecule has 0 N–H and O–H groups in total. The van der Waals surface area contributed by atoms with Gasteiger partial charge in [0, 0.05) is 25.9 Å². The van der Waals surface area contributed by atoms with Gasteiger partial charge in [-0.25, -0.2) is 4.68 Å². The number of carbonyl (C=O) groups is 1. The first-order valence-corrected chi connectivity index (χ1v) is 8.48. The summed E-state index contributed by atoms with van der Waals surface area (Å²) in [6.07, 6.45) is -0.130. The predicted octanol–water partition coefficient (Wildman–Crippen LogP) is 2.45. The smallest absolute Gasteiger partial charge is 0.274 e. The van der Waals surface area contributed by atoms with Crippen LogP contribution in [-0.4, -0.2) is 59.1 Å². The predicted molar refractivity (Wildman–Crippen MR) is 95.0 cm³/mol. The summed E-state index contributed by atoms with van der Waals surface area (Å²) in [5, 5.41) is 4.53. The van der Waals surface area contributed by atoms with Crippen LogP contribution in [-0.2, 0) is 9.47 Å². The van der Waals surface area contributed by atoms with Crippen molar-refractivity contribution in [3.63, 3.8) is 0 Å². The fourth-order valence-corrected chi connectivity index (χ4v) is 3.29. The molecule has 134 valence electrons. The van der Waals surface area contributed by atoms with Crippen molar-refractivity contribution in [1.29, 1.82) is 0 Å². The molecule has 3 rings (SSSR count). The molecule has 0 spiro atoms. The number of aryl methyl sites for hydroxylation is 1. The first-order chi connectivity index (χ1) is 11.9. The molecule has 1 aliphatic rings.